The molecule has 0 aliphatic rings. The Morgan fingerprint density at radius 1 is 0.565 bits per heavy atom. The second-order valence-corrected chi connectivity index (χ2v) is 6.88. The van der Waals surface area contributed by atoms with Crippen molar-refractivity contribution in [1.29, 1.82) is 0 Å². The first-order valence-corrected chi connectivity index (χ1v) is 10.4. The quantitative estimate of drug-likeness (QED) is 0.344. The molecule has 3 nitrogen and oxygen atoms in total. The summed E-state index contributed by atoms with van der Waals surface area (Å²) in [7, 11) is 2.04. The van der Waals surface area contributed by atoms with Gasteiger partial charge in [0.1, 0.15) is 0 Å². The monoisotopic (exact) mass is 327 g/mol. The van der Waals surface area contributed by atoms with Crippen molar-refractivity contribution in [2.75, 3.05) is 46.3 Å². The first kappa shape index (κ1) is 22.9. The maximum absolute atomic E-state index is 3.61. The Bertz CT molecular complexity index is 209. The van der Waals surface area contributed by atoms with Gasteiger partial charge in [-0.3, -0.25) is 0 Å². The lowest BCUT2D eigenvalue weighted by Crippen LogP contribution is -2.37. The molecule has 23 heavy (non-hydrogen) atoms. The molecule has 0 aromatic heterocycles. The van der Waals surface area contributed by atoms with E-state index in [0.717, 1.165) is 13.1 Å². The first-order chi connectivity index (χ1) is 11.3. The predicted molar refractivity (Wildman–Crippen MR) is 105 cm³/mol. The number of hydrogen-bond donors (Lipinski definition) is 2. The summed E-state index contributed by atoms with van der Waals surface area (Å²) < 4.78 is 0. The van der Waals surface area contributed by atoms with Crippen LogP contribution in [0.1, 0.15) is 84.5 Å². The van der Waals surface area contributed by atoms with E-state index in [0.29, 0.717) is 0 Å². The molecule has 0 aliphatic carbocycles. The highest BCUT2D eigenvalue weighted by Gasteiger charge is 2.01. The van der Waals surface area contributed by atoms with Crippen LogP contribution in [0.2, 0.25) is 0 Å². The number of nitrogens with zero attached hydrogens (tertiary/aromatic N) is 1. The number of rotatable bonds is 19. The Hall–Kier alpha value is -0.120. The molecule has 0 saturated heterocycles. The second-order valence-electron chi connectivity index (χ2n) is 6.88. The van der Waals surface area contributed by atoms with Gasteiger partial charge >= 0.3 is 0 Å². The standard InChI is InChI=1S/C20H45N3/c1-4-6-7-8-9-10-11-12-13-14-15-22-17-20-23(18-5-2)19-16-21-3/h21-22H,4-20H2,1-3H3. The summed E-state index contributed by atoms with van der Waals surface area (Å²) >= 11 is 0. The third-order valence-electron chi connectivity index (χ3n) is 4.53. The van der Waals surface area contributed by atoms with Gasteiger partial charge in [-0.1, -0.05) is 71.6 Å². The molecule has 0 radical (unpaired) electrons. The Kier molecular flexibility index (Phi) is 19.8. The topological polar surface area (TPSA) is 27.3 Å². The van der Waals surface area contributed by atoms with Crippen molar-refractivity contribution in [2.24, 2.45) is 0 Å². The van der Waals surface area contributed by atoms with Gasteiger partial charge in [0.25, 0.3) is 0 Å². The molecule has 0 rings (SSSR count). The summed E-state index contributed by atoms with van der Waals surface area (Å²) in [5, 5.41) is 6.86. The van der Waals surface area contributed by atoms with Crippen LogP contribution < -0.4 is 10.6 Å². The van der Waals surface area contributed by atoms with E-state index >= 15 is 0 Å². The maximum Gasteiger partial charge on any atom is 0.0107 e. The highest BCUT2D eigenvalue weighted by Crippen LogP contribution is 2.10. The number of nitrogens with one attached hydrogen (secondary N) is 2. The fourth-order valence-electron chi connectivity index (χ4n) is 3.02. The molecule has 0 fully saturated rings. The summed E-state index contributed by atoms with van der Waals surface area (Å²) in [5.74, 6) is 0. The zero-order valence-electron chi connectivity index (χ0n) is 16.5. The molecular formula is C20H45N3. The van der Waals surface area contributed by atoms with E-state index in [-0.39, 0.29) is 0 Å². The Labute approximate surface area is 147 Å². The van der Waals surface area contributed by atoms with E-state index in [1.54, 1.807) is 0 Å². The summed E-state index contributed by atoms with van der Waals surface area (Å²) in [6, 6.07) is 0. The molecule has 0 aliphatic heterocycles. The van der Waals surface area contributed by atoms with Crippen molar-refractivity contribution < 1.29 is 0 Å². The van der Waals surface area contributed by atoms with Gasteiger partial charge in [-0.2, -0.15) is 0 Å². The molecule has 3 heteroatoms. The van der Waals surface area contributed by atoms with Crippen molar-refractivity contribution in [3.8, 4) is 0 Å². The summed E-state index contributed by atoms with van der Waals surface area (Å²) in [6.45, 7) is 11.6. The Morgan fingerprint density at radius 3 is 1.70 bits per heavy atom. The van der Waals surface area contributed by atoms with Gasteiger partial charge < -0.3 is 15.5 Å². The van der Waals surface area contributed by atoms with E-state index in [1.807, 2.05) is 7.05 Å². The van der Waals surface area contributed by atoms with Crippen molar-refractivity contribution in [3.05, 3.63) is 0 Å². The highest BCUT2D eigenvalue weighted by molar-refractivity contribution is 4.60. The van der Waals surface area contributed by atoms with E-state index in [2.05, 4.69) is 29.4 Å². The van der Waals surface area contributed by atoms with Crippen LogP contribution in [0.3, 0.4) is 0 Å². The smallest absolute Gasteiger partial charge is 0.0107 e. The molecule has 0 unspecified atom stereocenters. The first-order valence-electron chi connectivity index (χ1n) is 10.4. The van der Waals surface area contributed by atoms with Crippen LogP contribution in [0.4, 0.5) is 0 Å². The van der Waals surface area contributed by atoms with Gasteiger partial charge in [0.05, 0.1) is 0 Å². The van der Waals surface area contributed by atoms with Crippen molar-refractivity contribution in [3.63, 3.8) is 0 Å². The van der Waals surface area contributed by atoms with Gasteiger partial charge in [-0.15, -0.1) is 0 Å². The number of hydrogen-bond acceptors (Lipinski definition) is 3. The lowest BCUT2D eigenvalue weighted by atomic mass is 10.1. The SMILES string of the molecule is CCCCCCCCCCCCNCCN(CCC)CCNC. The van der Waals surface area contributed by atoms with Crippen LogP contribution in [-0.2, 0) is 0 Å². The molecule has 0 saturated carbocycles. The molecule has 140 valence electrons. The average Bonchev–Trinajstić information content (AvgIpc) is 2.56. The molecule has 0 bridgehead atoms. The minimum Gasteiger partial charge on any atom is -0.318 e. The maximum atomic E-state index is 3.61. The fourth-order valence-corrected chi connectivity index (χ4v) is 3.02. The molecule has 0 aromatic rings. The minimum absolute atomic E-state index is 1.10. The molecule has 2 N–H and O–H groups in total. The van der Waals surface area contributed by atoms with Crippen LogP contribution in [0.5, 0.6) is 0 Å². The highest BCUT2D eigenvalue weighted by atomic mass is 15.1. The van der Waals surface area contributed by atoms with Gasteiger partial charge in [0.15, 0.2) is 0 Å². The molecule has 0 atom stereocenters. The lowest BCUT2D eigenvalue weighted by Gasteiger charge is -2.21. The van der Waals surface area contributed by atoms with Crippen molar-refractivity contribution in [1.82, 2.24) is 15.5 Å². The van der Waals surface area contributed by atoms with E-state index in [9.17, 15) is 0 Å². The summed E-state index contributed by atoms with van der Waals surface area (Å²) in [4.78, 5) is 2.56. The van der Waals surface area contributed by atoms with Crippen LogP contribution in [0, 0.1) is 0 Å². The van der Waals surface area contributed by atoms with Gasteiger partial charge in [0.2, 0.25) is 0 Å². The molecule has 0 heterocycles. The van der Waals surface area contributed by atoms with Crippen molar-refractivity contribution in [2.45, 2.75) is 84.5 Å². The predicted octanol–water partition coefficient (Wildman–Crippen LogP) is 4.43. The summed E-state index contributed by atoms with van der Waals surface area (Å²) in [6.07, 6.45) is 15.5. The lowest BCUT2D eigenvalue weighted by molar-refractivity contribution is 0.275. The van der Waals surface area contributed by atoms with E-state index in [4.69, 9.17) is 0 Å². The van der Waals surface area contributed by atoms with E-state index in [1.165, 1.54) is 96.8 Å². The van der Waals surface area contributed by atoms with Crippen LogP contribution in [-0.4, -0.2) is 51.2 Å². The van der Waals surface area contributed by atoms with Gasteiger partial charge in [0, 0.05) is 26.2 Å². The molecule has 0 aromatic carbocycles. The minimum atomic E-state index is 1.10. The zero-order chi connectivity index (χ0) is 17.0. The van der Waals surface area contributed by atoms with Crippen LogP contribution in [0.15, 0.2) is 0 Å². The van der Waals surface area contributed by atoms with Crippen molar-refractivity contribution >= 4 is 0 Å². The second kappa shape index (κ2) is 19.9. The normalized spacial score (nSPS) is 11.5. The van der Waals surface area contributed by atoms with Crippen LogP contribution >= 0.6 is 0 Å². The Balaban J connectivity index is 3.22. The summed E-state index contributed by atoms with van der Waals surface area (Å²) in [5.41, 5.74) is 0. The fraction of sp³-hybridized carbons (Fsp3) is 1.00. The largest absolute Gasteiger partial charge is 0.318 e. The third kappa shape index (κ3) is 18.1. The number of unbranched alkanes of at least 4 members (excludes halogenated alkanes) is 9. The van der Waals surface area contributed by atoms with Gasteiger partial charge in [-0.05, 0) is 33.0 Å². The average molecular weight is 328 g/mol. The third-order valence-corrected chi connectivity index (χ3v) is 4.53. The van der Waals surface area contributed by atoms with E-state index < -0.39 is 0 Å². The molecular weight excluding hydrogens is 282 g/mol. The number of likely N-dealkylation sites (N-methyl/N-ethyl adjacent to an activating group) is 1. The van der Waals surface area contributed by atoms with Crippen LogP contribution in [0.25, 0.3) is 0 Å². The Morgan fingerprint density at radius 2 is 1.13 bits per heavy atom. The molecule has 0 spiro atoms. The zero-order valence-corrected chi connectivity index (χ0v) is 16.5. The molecule has 0 amide bonds. The van der Waals surface area contributed by atoms with Gasteiger partial charge in [-0.25, -0.2) is 0 Å².